The molecule has 1 aliphatic heterocycles. The molecule has 0 unspecified atom stereocenters. The summed E-state index contributed by atoms with van der Waals surface area (Å²) in [7, 11) is 0. The quantitative estimate of drug-likeness (QED) is 0.475. The van der Waals surface area contributed by atoms with Crippen LogP contribution in [-0.2, 0) is 11.2 Å². The van der Waals surface area contributed by atoms with Gasteiger partial charge in [0.25, 0.3) is 0 Å². The molecule has 3 aliphatic rings. The molecule has 0 radical (unpaired) electrons. The molecule has 11 heteroatoms. The predicted molar refractivity (Wildman–Crippen MR) is 135 cm³/mol. The molecular formula is C27H31FN6O4. The zero-order valence-corrected chi connectivity index (χ0v) is 21.6. The SMILES string of the molecule is CC(C)(C)OC(=O)NC1(CCc2ncc(F)cc2[C@H]2[C@@H]3C[C@@H]3CN2c2ccn3ncc(C(=O)O)c3n2)CC1. The first kappa shape index (κ1) is 24.6. The Morgan fingerprint density at radius 1 is 1.29 bits per heavy atom. The van der Waals surface area contributed by atoms with Crippen LogP contribution in [0.4, 0.5) is 15.0 Å². The van der Waals surface area contributed by atoms with Crippen molar-refractivity contribution in [3.8, 4) is 0 Å². The van der Waals surface area contributed by atoms with Crippen molar-refractivity contribution >= 4 is 23.5 Å². The van der Waals surface area contributed by atoms with Gasteiger partial charge in [-0.2, -0.15) is 5.10 Å². The second-order valence-corrected chi connectivity index (χ2v) is 11.8. The zero-order valence-electron chi connectivity index (χ0n) is 21.6. The van der Waals surface area contributed by atoms with Gasteiger partial charge in [0.05, 0.1) is 18.4 Å². The number of aryl methyl sites for hydroxylation is 1. The minimum absolute atomic E-state index is 0.0353. The number of pyridine rings is 1. The second kappa shape index (κ2) is 8.64. The molecular weight excluding hydrogens is 491 g/mol. The van der Waals surface area contributed by atoms with Gasteiger partial charge in [0.1, 0.15) is 22.8 Å². The Morgan fingerprint density at radius 2 is 2.08 bits per heavy atom. The summed E-state index contributed by atoms with van der Waals surface area (Å²) in [6.07, 6.45) is 7.87. The average Bonchev–Trinajstić information content (AvgIpc) is 3.69. The molecule has 0 bridgehead atoms. The van der Waals surface area contributed by atoms with E-state index >= 15 is 0 Å². The van der Waals surface area contributed by atoms with Crippen LogP contribution in [0.3, 0.4) is 0 Å². The van der Waals surface area contributed by atoms with E-state index in [0.29, 0.717) is 30.5 Å². The van der Waals surface area contributed by atoms with E-state index in [1.165, 1.54) is 16.9 Å². The summed E-state index contributed by atoms with van der Waals surface area (Å²) < 4.78 is 21.4. The van der Waals surface area contributed by atoms with E-state index in [1.54, 1.807) is 12.3 Å². The van der Waals surface area contributed by atoms with E-state index in [4.69, 9.17) is 4.74 Å². The molecule has 1 saturated heterocycles. The average molecular weight is 523 g/mol. The third-order valence-electron chi connectivity index (χ3n) is 7.78. The number of nitrogens with one attached hydrogen (secondary N) is 1. The predicted octanol–water partition coefficient (Wildman–Crippen LogP) is 4.15. The second-order valence-electron chi connectivity index (χ2n) is 11.8. The zero-order chi connectivity index (χ0) is 26.8. The standard InChI is InChI=1S/C27H31FN6O4/c1-26(2,3)38-25(37)32-27(7-8-27)6-4-20-18(11-16(28)12-29-20)22-17-10-15(17)14-33(22)21-5-9-34-23(31-21)19(13-30-34)24(35)36/h5,9,11-13,15,17,22H,4,6-8,10,14H2,1-3H3,(H,32,37)(H,35,36)/t15-,17-,22-/m1/s1. The summed E-state index contributed by atoms with van der Waals surface area (Å²) >= 11 is 0. The first-order valence-electron chi connectivity index (χ1n) is 13.0. The van der Waals surface area contributed by atoms with E-state index in [0.717, 1.165) is 37.1 Å². The third kappa shape index (κ3) is 4.65. The molecule has 2 saturated carbocycles. The van der Waals surface area contributed by atoms with Crippen molar-refractivity contribution in [1.82, 2.24) is 24.9 Å². The van der Waals surface area contributed by atoms with Crippen molar-refractivity contribution < 1.29 is 23.8 Å². The van der Waals surface area contributed by atoms with Gasteiger partial charge in [0.2, 0.25) is 0 Å². The lowest BCUT2D eigenvalue weighted by Gasteiger charge is -2.30. The summed E-state index contributed by atoms with van der Waals surface area (Å²) in [6, 6.07) is 3.28. The molecule has 0 spiro atoms. The largest absolute Gasteiger partial charge is 0.477 e. The van der Waals surface area contributed by atoms with Crippen LogP contribution in [0.5, 0.6) is 0 Å². The highest BCUT2D eigenvalue weighted by molar-refractivity contribution is 5.94. The van der Waals surface area contributed by atoms with Gasteiger partial charge in [0.15, 0.2) is 5.65 Å². The highest BCUT2D eigenvalue weighted by Gasteiger charge is 2.54. The van der Waals surface area contributed by atoms with E-state index in [1.807, 2.05) is 26.8 Å². The Kier molecular flexibility index (Phi) is 5.59. The number of piperidine rings is 1. The van der Waals surface area contributed by atoms with Gasteiger partial charge in [0, 0.05) is 24.0 Å². The Bertz CT molecular complexity index is 1430. The lowest BCUT2D eigenvalue weighted by Crippen LogP contribution is -2.41. The first-order chi connectivity index (χ1) is 18.0. The molecule has 200 valence electrons. The Hall–Kier alpha value is -3.76. The maximum absolute atomic E-state index is 14.5. The van der Waals surface area contributed by atoms with Crippen molar-refractivity contribution in [3.63, 3.8) is 0 Å². The van der Waals surface area contributed by atoms with E-state index in [9.17, 15) is 19.1 Å². The van der Waals surface area contributed by atoms with Gasteiger partial charge in [-0.05, 0) is 82.4 Å². The Labute approximate surface area is 219 Å². The summed E-state index contributed by atoms with van der Waals surface area (Å²) in [5.41, 5.74) is 1.05. The molecule has 3 atom stereocenters. The number of amides is 1. The molecule has 6 rings (SSSR count). The molecule has 4 heterocycles. The number of aromatic carboxylic acids is 1. The molecule has 1 amide bonds. The number of ether oxygens (including phenoxy) is 1. The van der Waals surface area contributed by atoms with Crippen molar-refractivity contribution in [1.29, 1.82) is 0 Å². The summed E-state index contributed by atoms with van der Waals surface area (Å²) in [4.78, 5) is 35.3. The van der Waals surface area contributed by atoms with Crippen molar-refractivity contribution in [3.05, 3.63) is 53.4 Å². The van der Waals surface area contributed by atoms with Gasteiger partial charge < -0.3 is 20.1 Å². The van der Waals surface area contributed by atoms with Gasteiger partial charge in [-0.3, -0.25) is 4.98 Å². The monoisotopic (exact) mass is 522 g/mol. The number of fused-ring (bicyclic) bond motifs is 2. The van der Waals surface area contributed by atoms with Crippen LogP contribution >= 0.6 is 0 Å². The molecule has 10 nitrogen and oxygen atoms in total. The minimum Gasteiger partial charge on any atom is -0.477 e. The number of carbonyl (C=O) groups excluding carboxylic acids is 1. The molecule has 2 N–H and O–H groups in total. The van der Waals surface area contributed by atoms with Crippen LogP contribution in [0.25, 0.3) is 5.65 Å². The number of halogens is 1. The molecule has 3 fully saturated rings. The van der Waals surface area contributed by atoms with Crippen molar-refractivity contribution in [2.45, 2.75) is 70.1 Å². The summed E-state index contributed by atoms with van der Waals surface area (Å²) in [5.74, 6) is -0.0157. The molecule has 0 aromatic carbocycles. The fraction of sp³-hybridized carbons (Fsp3) is 0.519. The van der Waals surface area contributed by atoms with Crippen LogP contribution in [0.1, 0.15) is 74.1 Å². The number of carboxylic acid groups (broad SMARTS) is 1. The van der Waals surface area contributed by atoms with Crippen molar-refractivity contribution in [2.75, 3.05) is 11.4 Å². The number of carbonyl (C=O) groups is 2. The number of anilines is 1. The topological polar surface area (TPSA) is 122 Å². The number of carboxylic acids is 1. The van der Waals surface area contributed by atoms with Gasteiger partial charge in [-0.25, -0.2) is 23.5 Å². The van der Waals surface area contributed by atoms with E-state index < -0.39 is 23.5 Å². The smallest absolute Gasteiger partial charge is 0.408 e. The maximum atomic E-state index is 14.5. The van der Waals surface area contributed by atoms with Crippen LogP contribution in [-0.4, -0.2) is 54.4 Å². The van der Waals surface area contributed by atoms with Gasteiger partial charge in [-0.1, -0.05) is 0 Å². The summed E-state index contributed by atoms with van der Waals surface area (Å²) in [5, 5.41) is 16.6. The number of hydrogen-bond acceptors (Lipinski definition) is 7. The maximum Gasteiger partial charge on any atom is 0.408 e. The van der Waals surface area contributed by atoms with Gasteiger partial charge >= 0.3 is 12.1 Å². The number of nitrogens with zero attached hydrogens (tertiary/aromatic N) is 5. The Balaban J connectivity index is 1.26. The number of aromatic nitrogens is 4. The van der Waals surface area contributed by atoms with E-state index in [2.05, 4.69) is 25.3 Å². The van der Waals surface area contributed by atoms with Crippen molar-refractivity contribution in [2.24, 2.45) is 11.8 Å². The van der Waals surface area contributed by atoms with Crippen LogP contribution in [0.15, 0.2) is 30.7 Å². The highest BCUT2D eigenvalue weighted by atomic mass is 19.1. The third-order valence-corrected chi connectivity index (χ3v) is 7.78. The number of alkyl carbamates (subject to hydrolysis) is 1. The first-order valence-corrected chi connectivity index (χ1v) is 13.0. The lowest BCUT2D eigenvalue weighted by molar-refractivity contribution is 0.0493. The fourth-order valence-corrected chi connectivity index (χ4v) is 5.68. The Morgan fingerprint density at radius 3 is 2.79 bits per heavy atom. The molecule has 38 heavy (non-hydrogen) atoms. The molecule has 3 aromatic heterocycles. The van der Waals surface area contributed by atoms with Crippen LogP contribution in [0.2, 0.25) is 0 Å². The van der Waals surface area contributed by atoms with Crippen LogP contribution < -0.4 is 10.2 Å². The summed E-state index contributed by atoms with van der Waals surface area (Å²) in [6.45, 7) is 6.26. The van der Waals surface area contributed by atoms with Crippen LogP contribution in [0, 0.1) is 17.7 Å². The lowest BCUT2D eigenvalue weighted by atomic mass is 9.96. The minimum atomic E-state index is -1.09. The normalized spacial score (nSPS) is 23.3. The van der Waals surface area contributed by atoms with Gasteiger partial charge in [-0.15, -0.1) is 0 Å². The molecule has 2 aliphatic carbocycles. The highest BCUT2D eigenvalue weighted by Crippen LogP contribution is 2.58. The number of hydrogen-bond donors (Lipinski definition) is 2. The number of rotatable bonds is 7. The molecule has 3 aromatic rings. The fourth-order valence-electron chi connectivity index (χ4n) is 5.68. The van der Waals surface area contributed by atoms with E-state index in [-0.39, 0.29) is 22.8 Å².